The van der Waals surface area contributed by atoms with E-state index in [4.69, 9.17) is 11.6 Å². The molecule has 0 aliphatic heterocycles. The first-order chi connectivity index (χ1) is 22.5. The molecule has 1 fully saturated rings. The molecule has 1 aliphatic carbocycles. The molecule has 1 N–H and O–H groups in total. The van der Waals surface area contributed by atoms with Crippen molar-refractivity contribution < 1.29 is 18.0 Å². The summed E-state index contributed by atoms with van der Waals surface area (Å²) >= 11 is 6.36. The van der Waals surface area contributed by atoms with E-state index in [1.54, 1.807) is 54.6 Å². The average molecular weight is 672 g/mol. The first-order valence-electron chi connectivity index (χ1n) is 16.1. The molecule has 4 aromatic carbocycles. The molecule has 0 spiro atoms. The topological polar surface area (TPSA) is 86.8 Å². The predicted molar refractivity (Wildman–Crippen MR) is 188 cm³/mol. The third-order valence-corrected chi connectivity index (χ3v) is 11.0. The largest absolute Gasteiger partial charge is 0.352 e. The van der Waals surface area contributed by atoms with Gasteiger partial charge in [0.25, 0.3) is 10.0 Å². The van der Waals surface area contributed by atoms with Gasteiger partial charge in [0.15, 0.2) is 0 Å². The maximum absolute atomic E-state index is 14.7. The summed E-state index contributed by atoms with van der Waals surface area (Å²) in [4.78, 5) is 30.5. The van der Waals surface area contributed by atoms with Crippen LogP contribution in [0.15, 0.2) is 102 Å². The summed E-state index contributed by atoms with van der Waals surface area (Å²) in [6.07, 6.45) is 4.13. The molecule has 0 saturated heterocycles. The molecule has 1 aliphatic rings. The number of rotatable bonds is 12. The SMILES string of the molecule is Cc1ccc(S(=O)(=O)N(CC(=O)N(Cc2cccc(Cl)c2)[C@H](Cc2ccccc2)C(=O)NC2CCCC2)c2cccc(C)c2C)cc1. The van der Waals surface area contributed by atoms with Gasteiger partial charge in [-0.3, -0.25) is 13.9 Å². The van der Waals surface area contributed by atoms with E-state index in [1.165, 1.54) is 9.21 Å². The van der Waals surface area contributed by atoms with Gasteiger partial charge in [0.2, 0.25) is 11.8 Å². The van der Waals surface area contributed by atoms with Crippen molar-refractivity contribution in [1.29, 1.82) is 0 Å². The Balaban J connectivity index is 1.59. The Hall–Kier alpha value is -4.14. The summed E-state index contributed by atoms with van der Waals surface area (Å²) < 4.78 is 29.9. The van der Waals surface area contributed by atoms with Gasteiger partial charge in [0, 0.05) is 24.0 Å². The van der Waals surface area contributed by atoms with Crippen LogP contribution in [0.3, 0.4) is 0 Å². The van der Waals surface area contributed by atoms with Gasteiger partial charge in [-0.2, -0.15) is 0 Å². The highest BCUT2D eigenvalue weighted by molar-refractivity contribution is 7.92. The second-order valence-electron chi connectivity index (χ2n) is 12.4. The Morgan fingerprint density at radius 2 is 1.51 bits per heavy atom. The molecule has 0 aromatic heterocycles. The lowest BCUT2D eigenvalue weighted by atomic mass is 10.0. The van der Waals surface area contributed by atoms with Gasteiger partial charge < -0.3 is 10.2 Å². The molecule has 1 saturated carbocycles. The number of halogens is 1. The number of sulfonamides is 1. The molecule has 1 atom stereocenters. The summed E-state index contributed by atoms with van der Waals surface area (Å²) in [5, 5.41) is 3.71. The number of hydrogen-bond donors (Lipinski definition) is 1. The molecule has 0 heterocycles. The van der Waals surface area contributed by atoms with Crippen LogP contribution >= 0.6 is 11.6 Å². The highest BCUT2D eigenvalue weighted by atomic mass is 35.5. The number of amides is 2. The quantitative estimate of drug-likeness (QED) is 0.173. The van der Waals surface area contributed by atoms with Gasteiger partial charge in [-0.1, -0.05) is 96.7 Å². The number of carbonyl (C=O) groups is 2. The lowest BCUT2D eigenvalue weighted by Crippen LogP contribution is -2.54. The molecular weight excluding hydrogens is 630 g/mol. The van der Waals surface area contributed by atoms with Crippen LogP contribution in [-0.2, 0) is 32.6 Å². The highest BCUT2D eigenvalue weighted by Gasteiger charge is 2.36. The van der Waals surface area contributed by atoms with E-state index in [0.29, 0.717) is 10.7 Å². The fourth-order valence-electron chi connectivity index (χ4n) is 6.11. The third-order valence-electron chi connectivity index (χ3n) is 8.95. The van der Waals surface area contributed by atoms with E-state index in [1.807, 2.05) is 63.2 Å². The minimum atomic E-state index is -4.18. The van der Waals surface area contributed by atoms with Crippen LogP contribution in [-0.4, -0.2) is 43.8 Å². The first-order valence-corrected chi connectivity index (χ1v) is 17.9. The molecule has 0 bridgehead atoms. The van der Waals surface area contributed by atoms with Crippen LogP contribution in [0.1, 0.15) is 53.5 Å². The maximum Gasteiger partial charge on any atom is 0.264 e. The first kappa shape index (κ1) is 34.2. The number of nitrogens with zero attached hydrogens (tertiary/aromatic N) is 2. The molecule has 47 heavy (non-hydrogen) atoms. The van der Waals surface area contributed by atoms with Gasteiger partial charge in [0.1, 0.15) is 12.6 Å². The molecule has 246 valence electrons. The van der Waals surface area contributed by atoms with E-state index in [9.17, 15) is 18.0 Å². The number of nitrogens with one attached hydrogen (secondary N) is 1. The predicted octanol–water partition coefficient (Wildman–Crippen LogP) is 7.16. The zero-order chi connectivity index (χ0) is 33.6. The number of aryl methyl sites for hydroxylation is 2. The van der Waals surface area contributed by atoms with Gasteiger partial charge in [0.05, 0.1) is 10.6 Å². The van der Waals surface area contributed by atoms with Crippen LogP contribution < -0.4 is 9.62 Å². The van der Waals surface area contributed by atoms with E-state index < -0.39 is 28.5 Å². The van der Waals surface area contributed by atoms with Crippen LogP contribution in [0, 0.1) is 20.8 Å². The lowest BCUT2D eigenvalue weighted by Gasteiger charge is -2.34. The standard InChI is InChI=1S/C38H42ClN3O4S/c1-27-19-21-34(22-20-27)47(45,46)42(35-18-9-11-28(2)29(35)3)26-37(43)41(25-31-14-10-15-32(39)23-31)36(24-30-12-5-4-6-13-30)38(44)40-33-16-7-8-17-33/h4-6,9-15,18-23,33,36H,7-8,16-17,24-26H2,1-3H3,(H,40,44)/t36-/m1/s1. The summed E-state index contributed by atoms with van der Waals surface area (Å²) in [5.74, 6) is -0.750. The highest BCUT2D eigenvalue weighted by Crippen LogP contribution is 2.30. The summed E-state index contributed by atoms with van der Waals surface area (Å²) in [6.45, 7) is 5.22. The van der Waals surface area contributed by atoms with Crippen LogP contribution in [0.4, 0.5) is 5.69 Å². The maximum atomic E-state index is 14.7. The monoisotopic (exact) mass is 671 g/mol. The molecule has 0 radical (unpaired) electrons. The zero-order valence-electron chi connectivity index (χ0n) is 27.2. The minimum Gasteiger partial charge on any atom is -0.352 e. The smallest absolute Gasteiger partial charge is 0.264 e. The average Bonchev–Trinajstić information content (AvgIpc) is 3.56. The molecule has 9 heteroatoms. The summed E-state index contributed by atoms with van der Waals surface area (Å²) in [5.41, 5.74) is 4.60. The Labute approximate surface area is 283 Å². The van der Waals surface area contributed by atoms with Gasteiger partial charge in [-0.05, 0) is 86.2 Å². The van der Waals surface area contributed by atoms with Crippen molar-refractivity contribution in [2.45, 2.75) is 76.4 Å². The number of benzene rings is 4. The summed E-state index contributed by atoms with van der Waals surface area (Å²) in [7, 11) is -4.18. The Bertz CT molecular complexity index is 1810. The van der Waals surface area contributed by atoms with Crippen molar-refractivity contribution in [3.63, 3.8) is 0 Å². The fraction of sp³-hybridized carbons (Fsp3) is 0.316. The van der Waals surface area contributed by atoms with Gasteiger partial charge in [-0.15, -0.1) is 0 Å². The van der Waals surface area contributed by atoms with Crippen molar-refractivity contribution in [2.24, 2.45) is 0 Å². The number of hydrogen-bond acceptors (Lipinski definition) is 4. The van der Waals surface area contributed by atoms with Crippen molar-refractivity contribution in [2.75, 3.05) is 10.8 Å². The van der Waals surface area contributed by atoms with Crippen molar-refractivity contribution in [3.05, 3.63) is 130 Å². The van der Waals surface area contributed by atoms with Crippen LogP contribution in [0.2, 0.25) is 5.02 Å². The number of anilines is 1. The molecule has 5 rings (SSSR count). The van der Waals surface area contributed by atoms with Crippen LogP contribution in [0.5, 0.6) is 0 Å². The molecule has 7 nitrogen and oxygen atoms in total. The van der Waals surface area contributed by atoms with Crippen molar-refractivity contribution in [1.82, 2.24) is 10.2 Å². The van der Waals surface area contributed by atoms with Gasteiger partial charge in [-0.25, -0.2) is 8.42 Å². The van der Waals surface area contributed by atoms with Crippen molar-refractivity contribution >= 4 is 39.1 Å². The van der Waals surface area contributed by atoms with Gasteiger partial charge >= 0.3 is 0 Å². The number of carbonyl (C=O) groups excluding carboxylic acids is 2. The van der Waals surface area contributed by atoms with E-state index in [0.717, 1.165) is 53.5 Å². The van der Waals surface area contributed by atoms with E-state index in [-0.39, 0.29) is 29.8 Å². The molecular formula is C38H42ClN3O4S. The second-order valence-corrected chi connectivity index (χ2v) is 14.7. The molecule has 4 aromatic rings. The zero-order valence-corrected chi connectivity index (χ0v) is 28.7. The Morgan fingerprint density at radius 1 is 0.851 bits per heavy atom. The minimum absolute atomic E-state index is 0.0391. The third kappa shape index (κ3) is 8.42. The van der Waals surface area contributed by atoms with E-state index in [2.05, 4.69) is 5.32 Å². The summed E-state index contributed by atoms with van der Waals surface area (Å²) in [6, 6.07) is 27.9. The molecule has 2 amide bonds. The lowest BCUT2D eigenvalue weighted by molar-refractivity contribution is -0.140. The van der Waals surface area contributed by atoms with Crippen molar-refractivity contribution in [3.8, 4) is 0 Å². The Kier molecular flexibility index (Phi) is 11.0. The second kappa shape index (κ2) is 15.2. The fourth-order valence-corrected chi connectivity index (χ4v) is 7.79. The van der Waals surface area contributed by atoms with Crippen LogP contribution in [0.25, 0.3) is 0 Å². The Morgan fingerprint density at radius 3 is 2.19 bits per heavy atom. The van der Waals surface area contributed by atoms with E-state index >= 15 is 0 Å². The molecule has 0 unspecified atom stereocenters. The normalized spacial score (nSPS) is 14.0.